The van der Waals surface area contributed by atoms with Crippen molar-refractivity contribution in [3.8, 4) is 0 Å². The van der Waals surface area contributed by atoms with Crippen LogP contribution in [0.3, 0.4) is 0 Å². The Hall–Kier alpha value is -2.86. The number of rotatable bonds is 23. The number of carboxylic acid groups (broad SMARTS) is 2. The smallest absolute Gasteiger partial charge is 0.315 e. The molecule has 0 spiro atoms. The molecule has 0 aliphatic carbocycles. The van der Waals surface area contributed by atoms with Gasteiger partial charge in [-0.15, -0.1) is 0 Å². The number of carbonyl (C=O) groups is 7. The third-order valence-electron chi connectivity index (χ3n) is 6.65. The van der Waals surface area contributed by atoms with Crippen molar-refractivity contribution in [3.05, 3.63) is 0 Å². The number of hydrogen-bond acceptors (Lipinski definition) is 10. The number of fused-ring (bicyclic) bond motifs is 1. The Kier molecular flexibility index (Phi) is 17.8. The zero-order chi connectivity index (χ0) is 32.3. The second-order valence-electron chi connectivity index (χ2n) is 10.2. The highest BCUT2D eigenvalue weighted by Crippen LogP contribution is 2.33. The first-order valence-corrected chi connectivity index (χ1v) is 18.1. The van der Waals surface area contributed by atoms with Gasteiger partial charge in [0.1, 0.15) is 0 Å². The van der Waals surface area contributed by atoms with Gasteiger partial charge in [0.2, 0.25) is 11.8 Å². The summed E-state index contributed by atoms with van der Waals surface area (Å²) in [6.45, 7) is 0.493. The van der Waals surface area contributed by atoms with Crippen molar-refractivity contribution in [2.75, 3.05) is 36.9 Å². The van der Waals surface area contributed by atoms with E-state index < -0.39 is 35.7 Å². The number of aliphatic carboxylic acids is 2. The molecular formula is C26H42N6O9S3. The molecule has 2 rings (SSSR count). The monoisotopic (exact) mass is 678 g/mol. The van der Waals surface area contributed by atoms with Crippen molar-refractivity contribution >= 4 is 74.9 Å². The van der Waals surface area contributed by atoms with Crippen LogP contribution in [0.15, 0.2) is 0 Å². The molecule has 2 saturated heterocycles. The van der Waals surface area contributed by atoms with Crippen LogP contribution in [0.25, 0.3) is 0 Å². The van der Waals surface area contributed by atoms with Crippen LogP contribution in [0, 0.1) is 0 Å². The SMILES string of the molecule is O=C(O)CCCNC(=O)C(NC(=O)CCSSCCNC(=O)CCCC[C@@H]1SC[C@@H]2NC(=O)N[C@@H]21)C(=O)NCCCC(=O)O. The summed E-state index contributed by atoms with van der Waals surface area (Å²) >= 11 is 1.86. The maximum absolute atomic E-state index is 12.5. The van der Waals surface area contributed by atoms with Crippen molar-refractivity contribution in [1.29, 1.82) is 0 Å². The molecular weight excluding hydrogens is 637 g/mol. The average Bonchev–Trinajstić information content (AvgIpc) is 3.52. The lowest BCUT2D eigenvalue weighted by molar-refractivity contribution is -0.138. The van der Waals surface area contributed by atoms with Crippen LogP contribution in [0.4, 0.5) is 4.79 Å². The molecule has 2 aliphatic rings. The minimum absolute atomic E-state index is 0.00601. The largest absolute Gasteiger partial charge is 0.481 e. The number of unbranched alkanes of at least 4 members (excludes halogenated alkanes) is 1. The summed E-state index contributed by atoms with van der Waals surface area (Å²) in [4.78, 5) is 82.3. The van der Waals surface area contributed by atoms with Crippen molar-refractivity contribution in [1.82, 2.24) is 31.9 Å². The van der Waals surface area contributed by atoms with Gasteiger partial charge in [-0.2, -0.15) is 11.8 Å². The highest BCUT2D eigenvalue weighted by molar-refractivity contribution is 8.76. The van der Waals surface area contributed by atoms with Crippen LogP contribution in [0.2, 0.25) is 0 Å². The van der Waals surface area contributed by atoms with Crippen molar-refractivity contribution < 1.29 is 43.8 Å². The molecule has 0 unspecified atom stereocenters. The van der Waals surface area contributed by atoms with Crippen molar-refractivity contribution in [2.24, 2.45) is 0 Å². The number of nitrogens with one attached hydrogen (secondary N) is 6. The van der Waals surface area contributed by atoms with Gasteiger partial charge in [0.05, 0.1) is 12.1 Å². The van der Waals surface area contributed by atoms with Crippen molar-refractivity contribution in [2.45, 2.75) is 81.2 Å². The summed E-state index contributed by atoms with van der Waals surface area (Å²) < 4.78 is 0. The van der Waals surface area contributed by atoms with Gasteiger partial charge in [-0.3, -0.25) is 28.8 Å². The van der Waals surface area contributed by atoms with Gasteiger partial charge in [0.25, 0.3) is 11.8 Å². The lowest BCUT2D eigenvalue weighted by atomic mass is 10.0. The van der Waals surface area contributed by atoms with E-state index in [9.17, 15) is 33.6 Å². The molecule has 0 aromatic rings. The predicted molar refractivity (Wildman–Crippen MR) is 168 cm³/mol. The first kappa shape index (κ1) is 37.3. The van der Waals surface area contributed by atoms with Gasteiger partial charge >= 0.3 is 18.0 Å². The summed E-state index contributed by atoms with van der Waals surface area (Å²) in [5.41, 5.74) is 0. The van der Waals surface area contributed by atoms with Gasteiger partial charge in [-0.25, -0.2) is 4.79 Å². The van der Waals surface area contributed by atoms with Gasteiger partial charge < -0.3 is 42.1 Å². The highest BCUT2D eigenvalue weighted by atomic mass is 33.1. The molecule has 8 N–H and O–H groups in total. The highest BCUT2D eigenvalue weighted by Gasteiger charge is 2.42. The van der Waals surface area contributed by atoms with Crippen LogP contribution in [0.1, 0.15) is 57.8 Å². The van der Waals surface area contributed by atoms with Gasteiger partial charge in [-0.1, -0.05) is 28.0 Å². The molecule has 3 atom stereocenters. The van der Waals surface area contributed by atoms with E-state index in [0.717, 1.165) is 25.0 Å². The second kappa shape index (κ2) is 21.0. The molecule has 0 aromatic heterocycles. The first-order chi connectivity index (χ1) is 21.1. The third-order valence-corrected chi connectivity index (χ3v) is 10.6. The van der Waals surface area contributed by atoms with E-state index in [1.54, 1.807) is 0 Å². The number of hydrogen-bond donors (Lipinski definition) is 8. The van der Waals surface area contributed by atoms with E-state index in [4.69, 9.17) is 10.2 Å². The molecule has 18 heteroatoms. The Morgan fingerprint density at radius 1 is 0.773 bits per heavy atom. The van der Waals surface area contributed by atoms with Crippen LogP contribution in [0.5, 0.6) is 0 Å². The van der Waals surface area contributed by atoms with E-state index in [1.807, 2.05) is 11.8 Å². The summed E-state index contributed by atoms with van der Waals surface area (Å²) in [7, 11) is 2.89. The molecule has 2 aliphatic heterocycles. The quantitative estimate of drug-likeness (QED) is 0.0310. The Morgan fingerprint density at radius 3 is 2.05 bits per heavy atom. The Labute approximate surface area is 268 Å². The molecule has 6 amide bonds. The molecule has 44 heavy (non-hydrogen) atoms. The summed E-state index contributed by atoms with van der Waals surface area (Å²) in [5, 5.41) is 33.9. The lowest BCUT2D eigenvalue weighted by Crippen LogP contribution is -2.55. The lowest BCUT2D eigenvalue weighted by Gasteiger charge is -2.18. The van der Waals surface area contributed by atoms with E-state index >= 15 is 0 Å². The van der Waals surface area contributed by atoms with Crippen LogP contribution in [-0.4, -0.2) is 112 Å². The number of carboxylic acids is 2. The van der Waals surface area contributed by atoms with E-state index in [1.165, 1.54) is 21.6 Å². The molecule has 0 radical (unpaired) electrons. The molecule has 248 valence electrons. The van der Waals surface area contributed by atoms with E-state index in [-0.39, 0.29) is 69.2 Å². The average molecular weight is 679 g/mol. The Bertz CT molecular complexity index is 988. The Balaban J connectivity index is 1.56. The maximum Gasteiger partial charge on any atom is 0.315 e. The fourth-order valence-electron chi connectivity index (χ4n) is 4.44. The maximum atomic E-state index is 12.5. The van der Waals surface area contributed by atoms with Crippen molar-refractivity contribution in [3.63, 3.8) is 0 Å². The number of amides is 6. The van der Waals surface area contributed by atoms with Crippen LogP contribution >= 0.6 is 33.3 Å². The molecule has 15 nitrogen and oxygen atoms in total. The first-order valence-electron chi connectivity index (χ1n) is 14.5. The van der Waals surface area contributed by atoms with Crippen LogP contribution in [-0.2, 0) is 28.8 Å². The standard InChI is InChI=1S/C26H42N6O9S3/c33-18(6-2-1-5-17-22-16(15-42-17)30-26(41)32-22)27-12-14-44-43-13-9-19(34)31-23(24(39)28-10-3-7-20(35)36)25(40)29-11-4-8-21(37)38/h16-17,22-23H,1-15H2,(H,27,33)(H,28,39)(H,29,40)(H,31,34)(H,35,36)(H,37,38)(H2,30,32,41)/t16-,17-,22-/m0/s1. The molecule has 0 aromatic carbocycles. The molecule has 2 fully saturated rings. The topological polar surface area (TPSA) is 232 Å². The zero-order valence-electron chi connectivity index (χ0n) is 24.4. The molecule has 2 heterocycles. The summed E-state index contributed by atoms with van der Waals surface area (Å²) in [6.07, 6.45) is 3.08. The van der Waals surface area contributed by atoms with E-state index in [0.29, 0.717) is 29.7 Å². The predicted octanol–water partition coefficient (Wildman–Crippen LogP) is 0.0467. The molecule has 0 bridgehead atoms. The minimum atomic E-state index is -1.54. The third kappa shape index (κ3) is 15.2. The zero-order valence-corrected chi connectivity index (χ0v) is 26.8. The number of urea groups is 1. The molecule has 0 saturated carbocycles. The Morgan fingerprint density at radius 2 is 1.41 bits per heavy atom. The van der Waals surface area contributed by atoms with E-state index in [2.05, 4.69) is 31.9 Å². The second-order valence-corrected chi connectivity index (χ2v) is 14.2. The summed E-state index contributed by atoms with van der Waals surface area (Å²) in [5.74, 6) is -2.24. The normalized spacial score (nSPS) is 18.6. The van der Waals surface area contributed by atoms with Gasteiger partial charge in [0.15, 0.2) is 6.04 Å². The fourth-order valence-corrected chi connectivity index (χ4v) is 7.88. The number of carbonyl (C=O) groups excluding carboxylic acids is 5. The van der Waals surface area contributed by atoms with Crippen LogP contribution < -0.4 is 31.9 Å². The minimum Gasteiger partial charge on any atom is -0.481 e. The van der Waals surface area contributed by atoms with Gasteiger partial charge in [-0.05, 0) is 25.7 Å². The van der Waals surface area contributed by atoms with Gasteiger partial charge in [0, 0.05) is 67.8 Å². The summed E-state index contributed by atoms with van der Waals surface area (Å²) in [6, 6.07) is -1.27. The fraction of sp³-hybridized carbons (Fsp3) is 0.731. The number of thioether (sulfide) groups is 1.